The number of hydrogen-bond donors (Lipinski definition) is 0. The molecule has 466 valence electrons. The third-order valence-corrected chi connectivity index (χ3v) is 14.4. The van der Waals surface area contributed by atoms with Crippen LogP contribution in [0, 0.1) is 0 Å². The molecule has 0 spiro atoms. The second-order valence-electron chi connectivity index (χ2n) is 22.3. The number of esters is 3. The van der Waals surface area contributed by atoms with E-state index in [1.165, 1.54) is 116 Å². The minimum absolute atomic E-state index is 0.0956. The summed E-state index contributed by atoms with van der Waals surface area (Å²) in [6, 6.07) is 0. The fraction of sp³-hybridized carbons (Fsp3) is 0.671. The van der Waals surface area contributed by atoms with Crippen LogP contribution in [0.25, 0.3) is 0 Å². The van der Waals surface area contributed by atoms with Gasteiger partial charge in [-0.15, -0.1) is 0 Å². The van der Waals surface area contributed by atoms with Crippen molar-refractivity contribution in [2.24, 2.45) is 0 Å². The van der Waals surface area contributed by atoms with E-state index in [0.29, 0.717) is 19.3 Å². The van der Waals surface area contributed by atoms with E-state index in [-0.39, 0.29) is 31.1 Å². The molecular weight excluding hydrogens is 1010 g/mol. The van der Waals surface area contributed by atoms with Crippen molar-refractivity contribution < 1.29 is 28.6 Å². The van der Waals surface area contributed by atoms with Crippen LogP contribution in [0.3, 0.4) is 0 Å². The van der Waals surface area contributed by atoms with Crippen LogP contribution < -0.4 is 0 Å². The second-order valence-corrected chi connectivity index (χ2v) is 22.3. The summed E-state index contributed by atoms with van der Waals surface area (Å²) in [6.07, 6.45) is 97.4. The molecule has 82 heavy (non-hydrogen) atoms. The standard InChI is InChI=1S/C76H126O6/c1-4-7-10-13-16-19-22-25-28-31-33-35-36-37-38-39-40-42-43-45-48-51-54-57-60-63-66-69-75(78)81-72-73(71-80-74(77)68-65-62-59-56-53-50-47-30-27-24-21-18-15-12-9-6-3)82-76(79)70-67-64-61-58-55-52-49-46-44-41-34-32-29-26-23-20-17-14-11-8-5-2/h7,10,16,19,21,23-26,28,30,32-35,37-38,40,42,44,46-47,73H,4-6,8-9,11-15,17-18,20,22,27,29,31,36,39,41,43,45,48-72H2,1-3H3/b10-7-,19-16-,24-21-,26-23-,28-25-,34-32-,35-33-,38-37-,42-40-,46-44-,47-30-. The zero-order valence-corrected chi connectivity index (χ0v) is 53.5. The molecule has 0 radical (unpaired) electrons. The van der Waals surface area contributed by atoms with Gasteiger partial charge in [-0.3, -0.25) is 14.4 Å². The molecule has 0 heterocycles. The van der Waals surface area contributed by atoms with Crippen molar-refractivity contribution in [3.63, 3.8) is 0 Å². The minimum atomic E-state index is -0.801. The number of hydrogen-bond acceptors (Lipinski definition) is 6. The molecule has 0 fully saturated rings. The lowest BCUT2D eigenvalue weighted by Crippen LogP contribution is -2.30. The van der Waals surface area contributed by atoms with Crippen LogP contribution in [0.5, 0.6) is 0 Å². The maximum Gasteiger partial charge on any atom is 0.306 e. The summed E-state index contributed by atoms with van der Waals surface area (Å²) in [7, 11) is 0. The van der Waals surface area contributed by atoms with E-state index in [9.17, 15) is 14.4 Å². The topological polar surface area (TPSA) is 78.9 Å². The largest absolute Gasteiger partial charge is 0.462 e. The molecule has 1 unspecified atom stereocenters. The summed E-state index contributed by atoms with van der Waals surface area (Å²) in [4.78, 5) is 38.4. The minimum Gasteiger partial charge on any atom is -0.462 e. The SMILES string of the molecule is CC/C=C\C/C=C\C/C=C\C/C=C\C/C=C\C/C=C\CCCCCCCCCCC(=O)OCC(COC(=O)CCCCCCC/C=C\C/C=C\CCCCCC)OC(=O)CCCCCCCC/C=C\C/C=C\C/C=C\CCCCCCC. The lowest BCUT2D eigenvalue weighted by atomic mass is 10.1. The highest BCUT2D eigenvalue weighted by atomic mass is 16.6. The van der Waals surface area contributed by atoms with Crippen LogP contribution in [0.15, 0.2) is 134 Å². The third-order valence-electron chi connectivity index (χ3n) is 14.4. The van der Waals surface area contributed by atoms with Crippen LogP contribution in [0.2, 0.25) is 0 Å². The summed E-state index contributed by atoms with van der Waals surface area (Å²) in [6.45, 7) is 6.49. The van der Waals surface area contributed by atoms with Gasteiger partial charge in [-0.1, -0.05) is 283 Å². The lowest BCUT2D eigenvalue weighted by Gasteiger charge is -2.18. The molecule has 0 bridgehead atoms. The molecule has 0 aromatic carbocycles. The summed E-state index contributed by atoms with van der Waals surface area (Å²) < 4.78 is 16.9. The number of ether oxygens (including phenoxy) is 3. The molecule has 0 aromatic heterocycles. The van der Waals surface area contributed by atoms with Crippen molar-refractivity contribution in [3.8, 4) is 0 Å². The van der Waals surface area contributed by atoms with Crippen LogP contribution in [-0.4, -0.2) is 37.2 Å². The van der Waals surface area contributed by atoms with Crippen LogP contribution in [-0.2, 0) is 28.6 Å². The molecule has 1 atom stereocenters. The van der Waals surface area contributed by atoms with Crippen molar-refractivity contribution >= 4 is 17.9 Å². The fourth-order valence-corrected chi connectivity index (χ4v) is 9.25. The average Bonchev–Trinajstić information content (AvgIpc) is 3.47. The van der Waals surface area contributed by atoms with Gasteiger partial charge in [0.2, 0.25) is 0 Å². The Balaban J connectivity index is 4.43. The van der Waals surface area contributed by atoms with Crippen LogP contribution in [0.1, 0.15) is 310 Å². The Bertz CT molecular complexity index is 1730. The molecular formula is C76H126O6. The van der Waals surface area contributed by atoms with Gasteiger partial charge in [0.25, 0.3) is 0 Å². The van der Waals surface area contributed by atoms with Crippen molar-refractivity contribution in [2.45, 2.75) is 316 Å². The van der Waals surface area contributed by atoms with Gasteiger partial charge in [0.1, 0.15) is 13.2 Å². The normalized spacial score (nSPS) is 13.0. The smallest absolute Gasteiger partial charge is 0.306 e. The highest BCUT2D eigenvalue weighted by Crippen LogP contribution is 2.15. The summed E-state index contributed by atoms with van der Waals surface area (Å²) in [5.41, 5.74) is 0. The molecule has 0 aliphatic rings. The Labute approximate surface area is 506 Å². The molecule has 0 aliphatic carbocycles. The molecule has 0 saturated heterocycles. The highest BCUT2D eigenvalue weighted by Gasteiger charge is 2.19. The van der Waals surface area contributed by atoms with E-state index in [0.717, 1.165) is 154 Å². The van der Waals surface area contributed by atoms with Gasteiger partial charge in [0.05, 0.1) is 0 Å². The Morgan fingerprint density at radius 3 is 0.756 bits per heavy atom. The first-order valence-corrected chi connectivity index (χ1v) is 34.2. The van der Waals surface area contributed by atoms with Gasteiger partial charge >= 0.3 is 17.9 Å². The maximum atomic E-state index is 12.9. The van der Waals surface area contributed by atoms with Gasteiger partial charge in [0.15, 0.2) is 6.10 Å². The molecule has 0 N–H and O–H groups in total. The molecule has 0 aromatic rings. The molecule has 0 saturated carbocycles. The van der Waals surface area contributed by atoms with Gasteiger partial charge in [0, 0.05) is 19.3 Å². The van der Waals surface area contributed by atoms with E-state index >= 15 is 0 Å². The predicted molar refractivity (Wildman–Crippen MR) is 357 cm³/mol. The zero-order chi connectivity index (χ0) is 59.2. The first-order chi connectivity index (χ1) is 40.5. The molecule has 6 nitrogen and oxygen atoms in total. The van der Waals surface area contributed by atoms with E-state index < -0.39 is 6.10 Å². The molecule has 0 rings (SSSR count). The van der Waals surface area contributed by atoms with Gasteiger partial charge in [-0.2, -0.15) is 0 Å². The van der Waals surface area contributed by atoms with E-state index in [2.05, 4.69) is 154 Å². The summed E-state index contributed by atoms with van der Waals surface area (Å²) in [5.74, 6) is -0.924. The van der Waals surface area contributed by atoms with Gasteiger partial charge < -0.3 is 14.2 Å². The average molecular weight is 1140 g/mol. The third kappa shape index (κ3) is 66.4. The number of carbonyl (C=O) groups excluding carboxylic acids is 3. The Hall–Kier alpha value is -4.45. The summed E-state index contributed by atoms with van der Waals surface area (Å²) >= 11 is 0. The molecule has 6 heteroatoms. The van der Waals surface area contributed by atoms with Crippen molar-refractivity contribution in [1.29, 1.82) is 0 Å². The lowest BCUT2D eigenvalue weighted by molar-refractivity contribution is -0.167. The van der Waals surface area contributed by atoms with E-state index in [1.54, 1.807) is 0 Å². The Kier molecular flexibility index (Phi) is 65.3. The van der Waals surface area contributed by atoms with Crippen LogP contribution >= 0.6 is 0 Å². The number of allylic oxidation sites excluding steroid dienone is 22. The first kappa shape index (κ1) is 77.5. The molecule has 0 amide bonds. The quantitative estimate of drug-likeness (QED) is 0.0261. The second kappa shape index (κ2) is 69.0. The maximum absolute atomic E-state index is 12.9. The Morgan fingerprint density at radius 1 is 0.256 bits per heavy atom. The highest BCUT2D eigenvalue weighted by molar-refractivity contribution is 5.71. The van der Waals surface area contributed by atoms with Crippen molar-refractivity contribution in [1.82, 2.24) is 0 Å². The Morgan fingerprint density at radius 2 is 0.476 bits per heavy atom. The number of rotatable bonds is 61. The molecule has 0 aliphatic heterocycles. The number of carbonyl (C=O) groups is 3. The number of unbranched alkanes of at least 4 members (excludes halogenated alkanes) is 28. The monoisotopic (exact) mass is 1130 g/mol. The first-order valence-electron chi connectivity index (χ1n) is 34.2. The van der Waals surface area contributed by atoms with Gasteiger partial charge in [-0.25, -0.2) is 0 Å². The van der Waals surface area contributed by atoms with Crippen molar-refractivity contribution in [3.05, 3.63) is 134 Å². The fourth-order valence-electron chi connectivity index (χ4n) is 9.25. The van der Waals surface area contributed by atoms with Crippen LogP contribution in [0.4, 0.5) is 0 Å². The summed E-state index contributed by atoms with van der Waals surface area (Å²) in [5, 5.41) is 0. The van der Waals surface area contributed by atoms with Crippen molar-refractivity contribution in [2.75, 3.05) is 13.2 Å². The zero-order valence-electron chi connectivity index (χ0n) is 53.5. The predicted octanol–water partition coefficient (Wildman–Crippen LogP) is 23.7. The van der Waals surface area contributed by atoms with Gasteiger partial charge in [-0.05, 0) is 141 Å². The van der Waals surface area contributed by atoms with E-state index in [4.69, 9.17) is 14.2 Å². The van der Waals surface area contributed by atoms with E-state index in [1.807, 2.05) is 0 Å².